The van der Waals surface area contributed by atoms with E-state index in [-0.39, 0.29) is 24.0 Å². The molecule has 0 saturated heterocycles. The van der Waals surface area contributed by atoms with Gasteiger partial charge in [-0.2, -0.15) is 0 Å². The summed E-state index contributed by atoms with van der Waals surface area (Å²) in [5.74, 6) is -1.02. The fourth-order valence-electron chi connectivity index (χ4n) is 2.66. The second-order valence-corrected chi connectivity index (χ2v) is 6.01. The summed E-state index contributed by atoms with van der Waals surface area (Å²) in [6, 6.07) is 1.67. The van der Waals surface area contributed by atoms with Crippen LogP contribution in [0.5, 0.6) is 11.5 Å². The molecule has 0 radical (unpaired) electrons. The van der Waals surface area contributed by atoms with Gasteiger partial charge in [-0.05, 0) is 24.8 Å². The molecule has 0 spiro atoms. The van der Waals surface area contributed by atoms with Crippen LogP contribution in [0.3, 0.4) is 0 Å². The molecule has 0 amide bonds. The summed E-state index contributed by atoms with van der Waals surface area (Å²) in [5, 5.41) is 9.05. The minimum absolute atomic E-state index is 0.0696. The zero-order chi connectivity index (χ0) is 14.3. The second kappa shape index (κ2) is 5.24. The van der Waals surface area contributed by atoms with Crippen LogP contribution in [0, 0.1) is 11.7 Å². The lowest BCUT2D eigenvalue weighted by Gasteiger charge is -2.24. The van der Waals surface area contributed by atoms with Gasteiger partial charge in [-0.15, -0.1) is 0 Å². The van der Waals surface area contributed by atoms with E-state index in [0.29, 0.717) is 29.0 Å². The third-order valence-corrected chi connectivity index (χ3v) is 4.37. The normalized spacial score (nSPS) is 18.7. The highest BCUT2D eigenvalue weighted by atomic mass is 79.9. The summed E-state index contributed by atoms with van der Waals surface area (Å²) in [4.78, 5) is 11.0. The van der Waals surface area contributed by atoms with Gasteiger partial charge in [-0.25, -0.2) is 4.39 Å². The Balaban J connectivity index is 2.04. The number of carboxylic acids is 1. The van der Waals surface area contributed by atoms with E-state index >= 15 is 0 Å². The molecular weight excluding hydrogens is 331 g/mol. The summed E-state index contributed by atoms with van der Waals surface area (Å²) in [6.07, 6.45) is 1.82. The zero-order valence-corrected chi connectivity index (χ0v) is 12.3. The number of rotatable bonds is 4. The van der Waals surface area contributed by atoms with Crippen LogP contribution in [-0.2, 0) is 4.79 Å². The van der Waals surface area contributed by atoms with E-state index in [9.17, 15) is 9.18 Å². The van der Waals surface area contributed by atoms with Gasteiger partial charge < -0.3 is 14.6 Å². The van der Waals surface area contributed by atoms with Crippen LogP contribution < -0.4 is 9.47 Å². The molecule has 1 unspecified atom stereocenters. The number of fused-ring (bicyclic) bond motifs is 1. The maximum Gasteiger partial charge on any atom is 0.303 e. The monoisotopic (exact) mass is 344 g/mol. The molecular formula is C14H14BrFO4. The first-order valence-corrected chi connectivity index (χ1v) is 7.36. The molecule has 1 atom stereocenters. The van der Waals surface area contributed by atoms with Crippen molar-refractivity contribution in [3.05, 3.63) is 21.9 Å². The van der Waals surface area contributed by atoms with Crippen LogP contribution in [0.4, 0.5) is 4.39 Å². The SMILES string of the molecule is O=C(O)CC(c1c(Br)cc2c(c1F)OCCO2)C1CC1. The van der Waals surface area contributed by atoms with Crippen LogP contribution in [-0.4, -0.2) is 24.3 Å². The Bertz CT molecular complexity index is 557. The Morgan fingerprint density at radius 2 is 2.15 bits per heavy atom. The van der Waals surface area contributed by atoms with Gasteiger partial charge in [0, 0.05) is 16.0 Å². The van der Waals surface area contributed by atoms with Gasteiger partial charge in [0.15, 0.2) is 17.3 Å². The maximum absolute atomic E-state index is 14.7. The van der Waals surface area contributed by atoms with Gasteiger partial charge in [0.05, 0.1) is 6.42 Å². The summed E-state index contributed by atoms with van der Waals surface area (Å²) in [5.41, 5.74) is 0.402. The Labute approximate surface area is 124 Å². The Morgan fingerprint density at radius 1 is 1.45 bits per heavy atom. The number of carboxylic acid groups (broad SMARTS) is 1. The van der Waals surface area contributed by atoms with Gasteiger partial charge in [-0.3, -0.25) is 4.79 Å². The van der Waals surface area contributed by atoms with E-state index in [1.165, 1.54) is 0 Å². The number of halogens is 2. The molecule has 1 N–H and O–H groups in total. The van der Waals surface area contributed by atoms with Crippen molar-refractivity contribution in [2.75, 3.05) is 13.2 Å². The summed E-state index contributed by atoms with van der Waals surface area (Å²) in [7, 11) is 0. The van der Waals surface area contributed by atoms with E-state index < -0.39 is 11.8 Å². The number of ether oxygens (including phenoxy) is 2. The predicted molar refractivity (Wildman–Crippen MR) is 72.8 cm³/mol. The lowest BCUT2D eigenvalue weighted by Crippen LogP contribution is -2.19. The second-order valence-electron chi connectivity index (χ2n) is 5.15. The first-order valence-electron chi connectivity index (χ1n) is 6.57. The number of hydrogen-bond donors (Lipinski definition) is 1. The van der Waals surface area contributed by atoms with Crippen molar-refractivity contribution in [2.24, 2.45) is 5.92 Å². The Kier molecular flexibility index (Phi) is 3.58. The Morgan fingerprint density at radius 3 is 2.80 bits per heavy atom. The number of benzene rings is 1. The fourth-order valence-corrected chi connectivity index (χ4v) is 3.34. The first-order chi connectivity index (χ1) is 9.58. The van der Waals surface area contributed by atoms with Crippen molar-refractivity contribution < 1.29 is 23.8 Å². The van der Waals surface area contributed by atoms with Gasteiger partial charge >= 0.3 is 5.97 Å². The van der Waals surface area contributed by atoms with E-state index in [2.05, 4.69) is 15.9 Å². The topological polar surface area (TPSA) is 55.8 Å². The van der Waals surface area contributed by atoms with E-state index in [1.54, 1.807) is 6.07 Å². The average Bonchev–Trinajstić information content (AvgIpc) is 3.21. The Hall–Kier alpha value is -1.30. The first kappa shape index (κ1) is 13.7. The van der Waals surface area contributed by atoms with E-state index in [0.717, 1.165) is 12.8 Å². The molecule has 1 fully saturated rings. The predicted octanol–water partition coefficient (Wildman–Crippen LogP) is 3.33. The minimum Gasteiger partial charge on any atom is -0.486 e. The third kappa shape index (κ3) is 2.49. The molecule has 0 aromatic heterocycles. The third-order valence-electron chi connectivity index (χ3n) is 3.72. The molecule has 1 aromatic carbocycles. The number of hydrogen-bond acceptors (Lipinski definition) is 3. The minimum atomic E-state index is -0.914. The van der Waals surface area contributed by atoms with Crippen LogP contribution >= 0.6 is 15.9 Å². The number of aliphatic carboxylic acids is 1. The quantitative estimate of drug-likeness (QED) is 0.910. The van der Waals surface area contributed by atoms with Crippen molar-refractivity contribution in [2.45, 2.75) is 25.2 Å². The van der Waals surface area contributed by atoms with Gasteiger partial charge in [0.1, 0.15) is 13.2 Å². The van der Waals surface area contributed by atoms with Crippen molar-refractivity contribution in [1.82, 2.24) is 0 Å². The van der Waals surface area contributed by atoms with Gasteiger partial charge in [0.25, 0.3) is 0 Å². The van der Waals surface area contributed by atoms with Crippen molar-refractivity contribution in [3.8, 4) is 11.5 Å². The summed E-state index contributed by atoms with van der Waals surface area (Å²) in [6.45, 7) is 0.692. The average molecular weight is 345 g/mol. The molecule has 108 valence electrons. The smallest absolute Gasteiger partial charge is 0.303 e. The van der Waals surface area contributed by atoms with Gasteiger partial charge in [0.2, 0.25) is 0 Å². The number of carbonyl (C=O) groups is 1. The standard InChI is InChI=1S/C14H14BrFO4/c15-9-6-10-14(20-4-3-19-10)13(16)12(9)8(5-11(17)18)7-1-2-7/h6-8H,1-5H2,(H,17,18). The zero-order valence-electron chi connectivity index (χ0n) is 10.7. The summed E-state index contributed by atoms with van der Waals surface area (Å²) >= 11 is 3.34. The van der Waals surface area contributed by atoms with E-state index in [1.807, 2.05) is 0 Å². The van der Waals surface area contributed by atoms with Crippen molar-refractivity contribution in [3.63, 3.8) is 0 Å². The van der Waals surface area contributed by atoms with Crippen molar-refractivity contribution in [1.29, 1.82) is 0 Å². The van der Waals surface area contributed by atoms with Crippen molar-refractivity contribution >= 4 is 21.9 Å². The molecule has 3 rings (SSSR count). The highest BCUT2D eigenvalue weighted by Crippen LogP contribution is 2.50. The lowest BCUT2D eigenvalue weighted by atomic mass is 9.90. The molecule has 6 heteroatoms. The molecule has 2 aliphatic rings. The molecule has 0 bridgehead atoms. The molecule has 4 nitrogen and oxygen atoms in total. The molecule has 1 aliphatic carbocycles. The van der Waals surface area contributed by atoms with Crippen LogP contribution in [0.15, 0.2) is 10.5 Å². The highest BCUT2D eigenvalue weighted by molar-refractivity contribution is 9.10. The lowest BCUT2D eigenvalue weighted by molar-refractivity contribution is -0.137. The molecule has 1 saturated carbocycles. The largest absolute Gasteiger partial charge is 0.486 e. The summed E-state index contributed by atoms with van der Waals surface area (Å²) < 4.78 is 25.9. The molecule has 20 heavy (non-hydrogen) atoms. The van der Waals surface area contributed by atoms with Crippen LogP contribution in [0.25, 0.3) is 0 Å². The fraction of sp³-hybridized carbons (Fsp3) is 0.500. The van der Waals surface area contributed by atoms with E-state index in [4.69, 9.17) is 14.6 Å². The molecule has 1 heterocycles. The van der Waals surface area contributed by atoms with Crippen LogP contribution in [0.1, 0.15) is 30.7 Å². The maximum atomic E-state index is 14.7. The van der Waals surface area contributed by atoms with Gasteiger partial charge in [-0.1, -0.05) is 15.9 Å². The molecule has 1 aromatic rings. The van der Waals surface area contributed by atoms with Crippen LogP contribution in [0.2, 0.25) is 0 Å². The molecule has 1 aliphatic heterocycles. The highest BCUT2D eigenvalue weighted by Gasteiger charge is 2.38.